The molecule has 3 rings (SSSR count). The molecule has 0 fully saturated rings. The topological polar surface area (TPSA) is 41.6 Å². The van der Waals surface area contributed by atoms with Gasteiger partial charge in [0.2, 0.25) is 5.91 Å². The van der Waals surface area contributed by atoms with Crippen molar-refractivity contribution in [1.82, 2.24) is 4.90 Å². The number of anilines is 1. The molecule has 1 aliphatic rings. The van der Waals surface area contributed by atoms with Crippen LogP contribution in [0.2, 0.25) is 5.02 Å². The molecule has 6 heteroatoms. The van der Waals surface area contributed by atoms with E-state index in [-0.39, 0.29) is 24.2 Å². The number of nitrogens with one attached hydrogen (secondary N) is 1. The summed E-state index contributed by atoms with van der Waals surface area (Å²) in [7, 11) is 0. The first-order chi connectivity index (χ1) is 13.5. The van der Waals surface area contributed by atoms with Gasteiger partial charge in [0, 0.05) is 36.3 Å². The summed E-state index contributed by atoms with van der Waals surface area (Å²) in [6.45, 7) is 7.24. The Kier molecular flexibility index (Phi) is 9.02. The molecule has 0 saturated carbocycles. The van der Waals surface area contributed by atoms with Gasteiger partial charge in [0.1, 0.15) is 12.4 Å². The Labute approximate surface area is 184 Å². The molecule has 1 heterocycles. The monoisotopic (exact) mass is 434 g/mol. The van der Waals surface area contributed by atoms with Crippen molar-refractivity contribution in [1.29, 1.82) is 0 Å². The highest BCUT2D eigenvalue weighted by atomic mass is 35.5. The van der Waals surface area contributed by atoms with E-state index in [4.69, 9.17) is 16.3 Å². The number of carbonyl (C=O) groups is 1. The Bertz CT molecular complexity index is 818. The minimum absolute atomic E-state index is 0. The van der Waals surface area contributed by atoms with Crippen molar-refractivity contribution in [2.45, 2.75) is 20.3 Å². The van der Waals surface area contributed by atoms with E-state index in [2.05, 4.69) is 28.4 Å². The van der Waals surface area contributed by atoms with E-state index >= 15 is 0 Å². The molecule has 1 amide bonds. The number of halogens is 2. The third kappa shape index (κ3) is 7.07. The summed E-state index contributed by atoms with van der Waals surface area (Å²) in [4.78, 5) is 14.1. The van der Waals surface area contributed by atoms with Gasteiger partial charge in [-0.1, -0.05) is 43.7 Å². The van der Waals surface area contributed by atoms with Gasteiger partial charge in [-0.25, -0.2) is 0 Å². The third-order valence-corrected chi connectivity index (χ3v) is 5.08. The summed E-state index contributed by atoms with van der Waals surface area (Å²) in [6, 6.07) is 15.6. The van der Waals surface area contributed by atoms with E-state index in [0.29, 0.717) is 6.61 Å². The first-order valence-corrected chi connectivity index (χ1v) is 10.1. The lowest BCUT2D eigenvalue weighted by Gasteiger charge is -2.26. The van der Waals surface area contributed by atoms with Crippen LogP contribution in [0.3, 0.4) is 0 Å². The molecule has 0 saturated heterocycles. The van der Waals surface area contributed by atoms with Crippen molar-refractivity contribution < 1.29 is 9.53 Å². The average molecular weight is 435 g/mol. The predicted molar refractivity (Wildman–Crippen MR) is 123 cm³/mol. The zero-order chi connectivity index (χ0) is 19.9. The van der Waals surface area contributed by atoms with E-state index in [1.54, 1.807) is 0 Å². The quantitative estimate of drug-likeness (QED) is 0.622. The summed E-state index contributed by atoms with van der Waals surface area (Å²) < 4.78 is 5.85. The molecule has 0 atom stereocenters. The molecule has 0 unspecified atom stereocenters. The minimum atomic E-state index is -0.0327. The van der Waals surface area contributed by atoms with E-state index < -0.39 is 0 Å². The van der Waals surface area contributed by atoms with Crippen molar-refractivity contribution in [3.8, 4) is 5.75 Å². The molecule has 0 aliphatic carbocycles. The van der Waals surface area contributed by atoms with E-state index in [1.165, 1.54) is 11.1 Å². The van der Waals surface area contributed by atoms with Crippen molar-refractivity contribution in [2.24, 2.45) is 5.92 Å². The van der Waals surface area contributed by atoms with E-state index in [1.807, 2.05) is 50.2 Å². The van der Waals surface area contributed by atoms with E-state index in [0.717, 1.165) is 42.5 Å². The van der Waals surface area contributed by atoms with Gasteiger partial charge in [-0.2, -0.15) is 0 Å². The van der Waals surface area contributed by atoms with E-state index in [9.17, 15) is 4.79 Å². The zero-order valence-corrected chi connectivity index (χ0v) is 18.4. The van der Waals surface area contributed by atoms with Crippen LogP contribution < -0.4 is 10.1 Å². The molecule has 0 radical (unpaired) electrons. The maximum Gasteiger partial charge on any atom is 0.226 e. The van der Waals surface area contributed by atoms with Crippen LogP contribution in [0, 0.1) is 5.92 Å². The lowest BCUT2D eigenvalue weighted by molar-refractivity contribution is -0.118. The Morgan fingerprint density at radius 3 is 2.41 bits per heavy atom. The number of hydrogen-bond acceptors (Lipinski definition) is 3. The second-order valence-corrected chi connectivity index (χ2v) is 7.74. The Balaban J connectivity index is 0.00000300. The lowest BCUT2D eigenvalue weighted by atomic mass is 10.00. The van der Waals surface area contributed by atoms with Gasteiger partial charge < -0.3 is 10.1 Å². The fourth-order valence-electron chi connectivity index (χ4n) is 3.05. The first-order valence-electron chi connectivity index (χ1n) is 9.72. The minimum Gasteiger partial charge on any atom is -0.492 e. The normalized spacial score (nSPS) is 14.1. The molecule has 2 aromatic carbocycles. The van der Waals surface area contributed by atoms with Gasteiger partial charge in [-0.3, -0.25) is 9.69 Å². The number of hydrogen-bond donors (Lipinski definition) is 1. The summed E-state index contributed by atoms with van der Waals surface area (Å²) in [6.07, 6.45) is 3.32. The molecule has 1 N–H and O–H groups in total. The lowest BCUT2D eigenvalue weighted by Crippen LogP contribution is -2.32. The van der Waals surface area contributed by atoms with Crippen LogP contribution in [-0.4, -0.2) is 37.0 Å². The summed E-state index contributed by atoms with van der Waals surface area (Å²) >= 11 is 5.96. The Hall–Kier alpha value is -2.01. The summed E-state index contributed by atoms with van der Waals surface area (Å²) in [5, 5.41) is 3.65. The fourth-order valence-corrected chi connectivity index (χ4v) is 3.18. The van der Waals surface area contributed by atoms with Gasteiger partial charge >= 0.3 is 0 Å². The largest absolute Gasteiger partial charge is 0.492 e. The van der Waals surface area contributed by atoms with Crippen LogP contribution in [0.5, 0.6) is 5.75 Å². The van der Waals surface area contributed by atoms with Crippen molar-refractivity contribution in [2.75, 3.05) is 31.6 Å². The highest BCUT2D eigenvalue weighted by Crippen LogP contribution is 2.23. The standard InChI is InChI=1S/C23H27ClN2O2.ClH/c1-17(2)23(27)25-21-7-9-22(10-8-21)28-16-15-26-13-11-19(12-14-26)18-3-5-20(24)6-4-18;/h3-11,17H,12-16H2,1-2H3,(H,25,27);1H. The molecular weight excluding hydrogens is 407 g/mol. The van der Waals surface area contributed by atoms with Gasteiger partial charge in [0.05, 0.1) is 0 Å². The second-order valence-electron chi connectivity index (χ2n) is 7.30. The van der Waals surface area contributed by atoms with Gasteiger partial charge in [0.25, 0.3) is 0 Å². The van der Waals surface area contributed by atoms with Crippen LogP contribution >= 0.6 is 24.0 Å². The van der Waals surface area contributed by atoms with Crippen molar-refractivity contribution in [3.63, 3.8) is 0 Å². The van der Waals surface area contributed by atoms with Crippen LogP contribution in [0.15, 0.2) is 54.6 Å². The third-order valence-electron chi connectivity index (χ3n) is 4.83. The molecule has 0 bridgehead atoms. The SMILES string of the molecule is CC(C)C(=O)Nc1ccc(OCCN2CC=C(c3ccc(Cl)cc3)CC2)cc1.Cl. The Morgan fingerprint density at radius 2 is 1.83 bits per heavy atom. The number of ether oxygens (including phenoxy) is 1. The predicted octanol–water partition coefficient (Wildman–Crippen LogP) is 5.52. The molecule has 2 aromatic rings. The second kappa shape index (κ2) is 11.2. The summed E-state index contributed by atoms with van der Waals surface area (Å²) in [5.74, 6) is 0.802. The van der Waals surface area contributed by atoms with Crippen LogP contribution in [0.4, 0.5) is 5.69 Å². The molecule has 4 nitrogen and oxygen atoms in total. The molecule has 0 spiro atoms. The number of carbonyl (C=O) groups excluding carboxylic acids is 1. The molecule has 0 aromatic heterocycles. The number of nitrogens with zero attached hydrogens (tertiary/aromatic N) is 1. The maximum atomic E-state index is 11.7. The summed E-state index contributed by atoms with van der Waals surface area (Å²) in [5.41, 5.74) is 3.43. The zero-order valence-electron chi connectivity index (χ0n) is 16.9. The van der Waals surface area contributed by atoms with Gasteiger partial charge in [0.15, 0.2) is 0 Å². The Morgan fingerprint density at radius 1 is 1.14 bits per heavy atom. The van der Waals surface area contributed by atoms with Gasteiger partial charge in [-0.05, 0) is 54.0 Å². The molecule has 1 aliphatic heterocycles. The highest BCUT2D eigenvalue weighted by Gasteiger charge is 2.13. The molecular formula is C23H28Cl2N2O2. The maximum absolute atomic E-state index is 11.7. The van der Waals surface area contributed by atoms with Crippen LogP contribution in [0.25, 0.3) is 5.57 Å². The number of rotatable bonds is 7. The van der Waals surface area contributed by atoms with Crippen LogP contribution in [0.1, 0.15) is 25.8 Å². The fraction of sp³-hybridized carbons (Fsp3) is 0.348. The average Bonchev–Trinajstić information content (AvgIpc) is 2.70. The highest BCUT2D eigenvalue weighted by molar-refractivity contribution is 6.30. The molecule has 29 heavy (non-hydrogen) atoms. The van der Waals surface area contributed by atoms with Crippen LogP contribution in [-0.2, 0) is 4.79 Å². The van der Waals surface area contributed by atoms with Crippen molar-refractivity contribution >= 4 is 41.2 Å². The van der Waals surface area contributed by atoms with Gasteiger partial charge in [-0.15, -0.1) is 12.4 Å². The number of benzene rings is 2. The first kappa shape index (κ1) is 23.3. The molecule has 156 valence electrons. The number of amides is 1. The van der Waals surface area contributed by atoms with Crippen molar-refractivity contribution in [3.05, 3.63) is 65.2 Å². The smallest absolute Gasteiger partial charge is 0.226 e.